The molecular formula is C54H33N3. The van der Waals surface area contributed by atoms with E-state index in [4.69, 9.17) is 0 Å². The van der Waals surface area contributed by atoms with E-state index in [1.807, 2.05) is 0 Å². The minimum Gasteiger partial charge on any atom is -0.310 e. The highest BCUT2D eigenvalue weighted by atomic mass is 15.1. The molecule has 3 nitrogen and oxygen atoms in total. The van der Waals surface area contributed by atoms with E-state index in [1.54, 1.807) is 0 Å². The Morgan fingerprint density at radius 1 is 0.281 bits per heavy atom. The third-order valence-corrected chi connectivity index (χ3v) is 12.3. The molecule has 0 unspecified atom stereocenters. The largest absolute Gasteiger partial charge is 0.310 e. The number of rotatable bonds is 5. The normalized spacial score (nSPS) is 12.2. The van der Waals surface area contributed by atoms with E-state index in [9.17, 15) is 0 Å². The fourth-order valence-electron chi connectivity index (χ4n) is 9.97. The molecule has 0 radical (unpaired) electrons. The van der Waals surface area contributed by atoms with Gasteiger partial charge < -0.3 is 13.7 Å². The molecule has 3 heteroatoms. The van der Waals surface area contributed by atoms with E-state index in [0.29, 0.717) is 0 Å². The smallest absolute Gasteiger partial charge is 0.0642 e. The highest BCUT2D eigenvalue weighted by Crippen LogP contribution is 2.51. The molecule has 0 amide bonds. The molecule has 0 fully saturated rings. The topological polar surface area (TPSA) is 12.1 Å². The molecule has 4 aromatic heterocycles. The molecule has 0 saturated heterocycles. The van der Waals surface area contributed by atoms with E-state index in [2.05, 4.69) is 214 Å². The van der Waals surface area contributed by atoms with Crippen molar-refractivity contribution >= 4 is 93.3 Å². The molecule has 57 heavy (non-hydrogen) atoms. The number of hydrogen-bond acceptors (Lipinski definition) is 1. The van der Waals surface area contributed by atoms with E-state index in [0.717, 1.165) is 17.1 Å². The minimum atomic E-state index is 1.13. The van der Waals surface area contributed by atoms with E-state index in [1.165, 1.54) is 98.4 Å². The zero-order valence-electron chi connectivity index (χ0n) is 30.9. The van der Waals surface area contributed by atoms with Gasteiger partial charge in [0.05, 0.1) is 38.8 Å². The van der Waals surface area contributed by atoms with Crippen molar-refractivity contribution in [3.05, 3.63) is 200 Å². The van der Waals surface area contributed by atoms with Crippen LogP contribution in [0, 0.1) is 0 Å². The van der Waals surface area contributed by atoms with Crippen molar-refractivity contribution in [1.29, 1.82) is 0 Å². The van der Waals surface area contributed by atoms with Crippen molar-refractivity contribution in [3.63, 3.8) is 0 Å². The highest BCUT2D eigenvalue weighted by Gasteiger charge is 2.28. The molecule has 264 valence electrons. The molecule has 0 aliphatic carbocycles. The van der Waals surface area contributed by atoms with Crippen LogP contribution in [0.15, 0.2) is 200 Å². The molecule has 0 aliphatic heterocycles. The molecule has 4 heterocycles. The van der Waals surface area contributed by atoms with E-state index < -0.39 is 0 Å². The lowest BCUT2D eigenvalue weighted by Crippen LogP contribution is -2.10. The lowest BCUT2D eigenvalue weighted by molar-refractivity contribution is 1.30. The van der Waals surface area contributed by atoms with Crippen LogP contribution < -0.4 is 4.90 Å². The van der Waals surface area contributed by atoms with Gasteiger partial charge in [-0.1, -0.05) is 133 Å². The van der Waals surface area contributed by atoms with Crippen molar-refractivity contribution in [1.82, 2.24) is 8.80 Å². The quantitative estimate of drug-likeness (QED) is 0.172. The summed E-state index contributed by atoms with van der Waals surface area (Å²) in [5.41, 5.74) is 15.8. The Kier molecular flexibility index (Phi) is 6.16. The first kappa shape index (κ1) is 30.7. The van der Waals surface area contributed by atoms with Crippen LogP contribution in [0.25, 0.3) is 98.4 Å². The molecule has 0 spiro atoms. The fraction of sp³-hybridized carbons (Fsp3) is 0. The predicted molar refractivity (Wildman–Crippen MR) is 241 cm³/mol. The Labute approximate surface area is 328 Å². The van der Waals surface area contributed by atoms with Gasteiger partial charge in [-0.2, -0.15) is 0 Å². The number of fused-ring (bicyclic) bond motifs is 13. The average Bonchev–Trinajstić information content (AvgIpc) is 4.01. The number of nitrogens with zero attached hydrogens (tertiary/aromatic N) is 3. The summed E-state index contributed by atoms with van der Waals surface area (Å²) in [6, 6.07) is 73.5. The van der Waals surface area contributed by atoms with Crippen molar-refractivity contribution in [2.45, 2.75) is 0 Å². The Morgan fingerprint density at radius 3 is 1.49 bits per heavy atom. The lowest BCUT2D eigenvalue weighted by Gasteiger charge is -2.26. The van der Waals surface area contributed by atoms with Gasteiger partial charge in [0.25, 0.3) is 0 Å². The number of para-hydroxylation sites is 3. The molecule has 13 aromatic rings. The van der Waals surface area contributed by atoms with Gasteiger partial charge in [-0.05, 0) is 89.0 Å². The Bertz CT molecular complexity index is 3620. The maximum absolute atomic E-state index is 2.59. The molecule has 0 saturated carbocycles. The van der Waals surface area contributed by atoms with Crippen molar-refractivity contribution in [2.24, 2.45) is 0 Å². The van der Waals surface area contributed by atoms with Crippen LogP contribution in [0.1, 0.15) is 0 Å². The Hall–Kier alpha value is -7.62. The summed E-state index contributed by atoms with van der Waals surface area (Å²) in [5.74, 6) is 0. The third-order valence-electron chi connectivity index (χ3n) is 12.3. The van der Waals surface area contributed by atoms with Crippen LogP contribution in [0.3, 0.4) is 0 Å². The molecule has 9 aromatic carbocycles. The van der Waals surface area contributed by atoms with E-state index >= 15 is 0 Å². The first-order valence-corrected chi connectivity index (χ1v) is 19.7. The van der Waals surface area contributed by atoms with Crippen molar-refractivity contribution < 1.29 is 0 Å². The zero-order valence-corrected chi connectivity index (χ0v) is 30.9. The first-order valence-electron chi connectivity index (χ1n) is 19.7. The van der Waals surface area contributed by atoms with Gasteiger partial charge in [-0.3, -0.25) is 0 Å². The summed E-state index contributed by atoms with van der Waals surface area (Å²) < 4.78 is 5.12. The Balaban J connectivity index is 1.26. The van der Waals surface area contributed by atoms with Crippen LogP contribution >= 0.6 is 0 Å². The Morgan fingerprint density at radius 2 is 0.789 bits per heavy atom. The van der Waals surface area contributed by atoms with Gasteiger partial charge in [0.2, 0.25) is 0 Å². The standard InChI is InChI=1S/C54H33N3/c1-5-15-34(16-6-1)36-25-28-47-43(31-36)45-33-37(35-17-7-2-8-18-35)32-44-42-27-30-49-51(54(42)57(47)52(44)45)50-48(29-26-41-40-23-13-14-24-46(40)56(49)53(41)50)55(38-19-9-3-10-20-38)39-21-11-4-12-22-39/h1-33H. The van der Waals surface area contributed by atoms with Crippen LogP contribution in [0.2, 0.25) is 0 Å². The SMILES string of the molecule is c1ccc(-c2ccc3c(c2)c2cc(-c4ccccc4)cc4c5ccc6c(c7c(N(c8ccccc8)c8ccccc8)ccc8c9ccccc9n6c87)c5n3c24)cc1. The fourth-order valence-corrected chi connectivity index (χ4v) is 9.97. The van der Waals surface area contributed by atoms with Gasteiger partial charge in [-0.15, -0.1) is 0 Å². The maximum Gasteiger partial charge on any atom is 0.0642 e. The summed E-state index contributed by atoms with van der Waals surface area (Å²) >= 11 is 0. The minimum absolute atomic E-state index is 1.13. The number of anilines is 3. The second-order valence-electron chi connectivity index (χ2n) is 15.3. The van der Waals surface area contributed by atoms with E-state index in [-0.39, 0.29) is 0 Å². The number of aromatic nitrogens is 2. The lowest BCUT2D eigenvalue weighted by atomic mass is 9.97. The molecular weight excluding hydrogens is 691 g/mol. The highest BCUT2D eigenvalue weighted by molar-refractivity contribution is 6.36. The zero-order chi connectivity index (χ0) is 37.2. The number of benzene rings is 9. The van der Waals surface area contributed by atoms with Crippen molar-refractivity contribution in [2.75, 3.05) is 4.90 Å². The second kappa shape index (κ2) is 11.5. The summed E-state index contributed by atoms with van der Waals surface area (Å²) in [5, 5.41) is 10.2. The van der Waals surface area contributed by atoms with Gasteiger partial charge in [0, 0.05) is 54.5 Å². The summed E-state index contributed by atoms with van der Waals surface area (Å²) in [7, 11) is 0. The molecule has 0 atom stereocenters. The number of hydrogen-bond donors (Lipinski definition) is 0. The first-order chi connectivity index (χ1) is 28.3. The second-order valence-corrected chi connectivity index (χ2v) is 15.3. The monoisotopic (exact) mass is 723 g/mol. The third kappa shape index (κ3) is 4.15. The van der Waals surface area contributed by atoms with Gasteiger partial charge in [-0.25, -0.2) is 0 Å². The van der Waals surface area contributed by atoms with Gasteiger partial charge >= 0.3 is 0 Å². The predicted octanol–water partition coefficient (Wildman–Crippen LogP) is 14.8. The van der Waals surface area contributed by atoms with Crippen LogP contribution in [0.5, 0.6) is 0 Å². The van der Waals surface area contributed by atoms with Crippen LogP contribution in [-0.2, 0) is 0 Å². The van der Waals surface area contributed by atoms with Crippen molar-refractivity contribution in [3.8, 4) is 22.3 Å². The molecule has 13 rings (SSSR count). The van der Waals surface area contributed by atoms with Crippen LogP contribution in [-0.4, -0.2) is 8.80 Å². The van der Waals surface area contributed by atoms with Gasteiger partial charge in [0.1, 0.15) is 0 Å². The summed E-state index contributed by atoms with van der Waals surface area (Å²) in [6.45, 7) is 0. The van der Waals surface area contributed by atoms with Gasteiger partial charge in [0.15, 0.2) is 0 Å². The average molecular weight is 724 g/mol. The molecule has 0 aliphatic rings. The summed E-state index contributed by atoms with van der Waals surface area (Å²) in [4.78, 5) is 2.44. The maximum atomic E-state index is 2.59. The molecule has 0 N–H and O–H groups in total. The van der Waals surface area contributed by atoms with Crippen LogP contribution in [0.4, 0.5) is 17.1 Å². The summed E-state index contributed by atoms with van der Waals surface area (Å²) in [6.07, 6.45) is 0. The molecule has 0 bridgehead atoms.